The number of urea groups is 1. The number of benzene rings is 1. The van der Waals surface area contributed by atoms with Gasteiger partial charge in [-0.15, -0.1) is 0 Å². The van der Waals surface area contributed by atoms with Gasteiger partial charge in [0.25, 0.3) is 0 Å². The first kappa shape index (κ1) is 17.5. The molecule has 3 rings (SSSR count). The molecule has 5 heteroatoms. The van der Waals surface area contributed by atoms with E-state index in [0.717, 1.165) is 18.5 Å². The number of fused-ring (bicyclic) bond motifs is 1. The number of carbonyl (C=O) groups excluding carboxylic acids is 1. The average molecular weight is 340 g/mol. The van der Waals surface area contributed by atoms with Crippen LogP contribution in [-0.2, 0) is 19.0 Å². The molecule has 1 aliphatic carbocycles. The lowest BCUT2D eigenvalue weighted by atomic mass is 9.69. The first-order chi connectivity index (χ1) is 11.9. The Hall–Kier alpha value is -2.30. The van der Waals surface area contributed by atoms with Gasteiger partial charge in [-0.05, 0) is 35.4 Å². The fourth-order valence-corrected chi connectivity index (χ4v) is 3.71. The van der Waals surface area contributed by atoms with Crippen molar-refractivity contribution < 1.29 is 4.79 Å². The molecule has 0 saturated carbocycles. The molecule has 2 aromatic rings. The van der Waals surface area contributed by atoms with Gasteiger partial charge in [0.2, 0.25) is 0 Å². The average Bonchev–Trinajstić information content (AvgIpc) is 2.99. The molecular weight excluding hydrogens is 312 g/mol. The lowest BCUT2D eigenvalue weighted by Crippen LogP contribution is -2.40. The van der Waals surface area contributed by atoms with E-state index in [0.29, 0.717) is 19.0 Å². The summed E-state index contributed by atoms with van der Waals surface area (Å²) < 4.78 is 1.75. The van der Waals surface area contributed by atoms with Gasteiger partial charge in [-0.25, -0.2) is 4.79 Å². The molecule has 1 aromatic heterocycles. The minimum Gasteiger partial charge on any atom is -0.337 e. The van der Waals surface area contributed by atoms with Gasteiger partial charge in [-0.3, -0.25) is 4.68 Å². The SMILES string of the molecule is CN(Cc1ccn(C)n1)C(=O)NCC1CCC(C)(C)c2ccccc21. The molecule has 25 heavy (non-hydrogen) atoms. The predicted molar refractivity (Wildman–Crippen MR) is 99.5 cm³/mol. The lowest BCUT2D eigenvalue weighted by Gasteiger charge is -2.37. The number of amides is 2. The van der Waals surface area contributed by atoms with Crippen molar-refractivity contribution in [2.24, 2.45) is 7.05 Å². The normalized spacial score (nSPS) is 18.5. The molecule has 2 amide bonds. The summed E-state index contributed by atoms with van der Waals surface area (Å²) in [6.07, 6.45) is 4.14. The minimum absolute atomic E-state index is 0.0482. The third-order valence-electron chi connectivity index (χ3n) is 5.26. The molecule has 0 saturated heterocycles. The van der Waals surface area contributed by atoms with Crippen LogP contribution in [0.25, 0.3) is 0 Å². The third kappa shape index (κ3) is 3.86. The summed E-state index contributed by atoms with van der Waals surface area (Å²) in [5.74, 6) is 0.386. The summed E-state index contributed by atoms with van der Waals surface area (Å²) >= 11 is 0. The number of aromatic nitrogens is 2. The van der Waals surface area contributed by atoms with Crippen LogP contribution in [0.4, 0.5) is 4.79 Å². The van der Waals surface area contributed by atoms with Crippen molar-refractivity contribution in [2.45, 2.75) is 44.6 Å². The fraction of sp³-hybridized carbons (Fsp3) is 0.500. The molecule has 0 aliphatic heterocycles. The van der Waals surface area contributed by atoms with Crippen LogP contribution in [0, 0.1) is 0 Å². The first-order valence-electron chi connectivity index (χ1n) is 8.94. The van der Waals surface area contributed by atoms with Crippen LogP contribution in [0.3, 0.4) is 0 Å². The Morgan fingerprint density at radius 3 is 2.84 bits per heavy atom. The quantitative estimate of drug-likeness (QED) is 0.927. The molecule has 1 heterocycles. The van der Waals surface area contributed by atoms with Crippen LogP contribution >= 0.6 is 0 Å². The summed E-state index contributed by atoms with van der Waals surface area (Å²) in [4.78, 5) is 14.1. The number of hydrogen-bond donors (Lipinski definition) is 1. The number of nitrogens with one attached hydrogen (secondary N) is 1. The Bertz CT molecular complexity index is 750. The summed E-state index contributed by atoms with van der Waals surface area (Å²) in [7, 11) is 3.69. The van der Waals surface area contributed by atoms with E-state index in [1.54, 1.807) is 9.58 Å². The highest BCUT2D eigenvalue weighted by Crippen LogP contribution is 2.42. The molecule has 1 aromatic carbocycles. The topological polar surface area (TPSA) is 50.2 Å². The van der Waals surface area contributed by atoms with Crippen LogP contribution in [0.5, 0.6) is 0 Å². The van der Waals surface area contributed by atoms with Crippen LogP contribution < -0.4 is 5.32 Å². The van der Waals surface area contributed by atoms with Gasteiger partial charge in [0, 0.05) is 32.8 Å². The Morgan fingerprint density at radius 2 is 2.12 bits per heavy atom. The summed E-state index contributed by atoms with van der Waals surface area (Å²) in [5, 5.41) is 7.42. The molecule has 1 unspecified atom stereocenters. The van der Waals surface area contributed by atoms with E-state index in [2.05, 4.69) is 48.5 Å². The van der Waals surface area contributed by atoms with Gasteiger partial charge in [-0.1, -0.05) is 38.1 Å². The standard InChI is InChI=1S/C20H28N4O/c1-20(2)11-9-15(17-7-5-6-8-18(17)20)13-21-19(25)23(3)14-16-10-12-24(4)22-16/h5-8,10,12,15H,9,11,13-14H2,1-4H3,(H,21,25). The summed E-state index contributed by atoms with van der Waals surface area (Å²) in [5.41, 5.74) is 3.91. The maximum atomic E-state index is 12.4. The van der Waals surface area contributed by atoms with Gasteiger partial charge in [0.1, 0.15) is 0 Å². The monoisotopic (exact) mass is 340 g/mol. The van der Waals surface area contributed by atoms with Gasteiger partial charge in [0.05, 0.1) is 12.2 Å². The highest BCUT2D eigenvalue weighted by molar-refractivity contribution is 5.73. The highest BCUT2D eigenvalue weighted by atomic mass is 16.2. The van der Waals surface area contributed by atoms with E-state index in [4.69, 9.17) is 0 Å². The van der Waals surface area contributed by atoms with Crippen molar-refractivity contribution >= 4 is 6.03 Å². The largest absolute Gasteiger partial charge is 0.337 e. The Kier molecular flexibility index (Phi) is 4.84. The van der Waals surface area contributed by atoms with Crippen molar-refractivity contribution in [3.05, 3.63) is 53.3 Å². The van der Waals surface area contributed by atoms with Gasteiger partial charge in [-0.2, -0.15) is 5.10 Å². The number of hydrogen-bond acceptors (Lipinski definition) is 2. The smallest absolute Gasteiger partial charge is 0.317 e. The van der Waals surface area contributed by atoms with E-state index in [1.165, 1.54) is 11.1 Å². The van der Waals surface area contributed by atoms with Gasteiger partial charge < -0.3 is 10.2 Å². The molecule has 1 aliphatic rings. The van der Waals surface area contributed by atoms with Crippen LogP contribution in [0.2, 0.25) is 0 Å². The number of aryl methyl sites for hydroxylation is 1. The second kappa shape index (κ2) is 6.90. The molecule has 0 radical (unpaired) electrons. The Morgan fingerprint density at radius 1 is 1.36 bits per heavy atom. The minimum atomic E-state index is -0.0482. The third-order valence-corrected chi connectivity index (χ3v) is 5.26. The molecule has 134 valence electrons. The molecule has 0 bridgehead atoms. The zero-order valence-corrected chi connectivity index (χ0v) is 15.6. The summed E-state index contributed by atoms with van der Waals surface area (Å²) in [6.45, 7) is 5.81. The van der Waals surface area contributed by atoms with Crippen molar-refractivity contribution in [1.82, 2.24) is 20.0 Å². The zero-order chi connectivity index (χ0) is 18.0. The second-order valence-corrected chi connectivity index (χ2v) is 7.73. The maximum absolute atomic E-state index is 12.4. The molecule has 0 spiro atoms. The van der Waals surface area contributed by atoms with E-state index < -0.39 is 0 Å². The lowest BCUT2D eigenvalue weighted by molar-refractivity contribution is 0.205. The number of rotatable bonds is 4. The maximum Gasteiger partial charge on any atom is 0.317 e. The van der Waals surface area contributed by atoms with E-state index in [1.807, 2.05) is 26.4 Å². The van der Waals surface area contributed by atoms with Crippen molar-refractivity contribution in [3.63, 3.8) is 0 Å². The van der Waals surface area contributed by atoms with Crippen molar-refractivity contribution in [2.75, 3.05) is 13.6 Å². The van der Waals surface area contributed by atoms with Crippen molar-refractivity contribution in [3.8, 4) is 0 Å². The highest BCUT2D eigenvalue weighted by Gasteiger charge is 2.32. The molecule has 1 atom stereocenters. The molecule has 5 nitrogen and oxygen atoms in total. The van der Waals surface area contributed by atoms with Crippen LogP contribution in [-0.4, -0.2) is 34.3 Å². The van der Waals surface area contributed by atoms with Gasteiger partial charge in [0.15, 0.2) is 0 Å². The second-order valence-electron chi connectivity index (χ2n) is 7.73. The van der Waals surface area contributed by atoms with Crippen LogP contribution in [0.1, 0.15) is 49.4 Å². The van der Waals surface area contributed by atoms with E-state index in [9.17, 15) is 4.79 Å². The molecule has 0 fully saturated rings. The van der Waals surface area contributed by atoms with E-state index >= 15 is 0 Å². The van der Waals surface area contributed by atoms with Crippen LogP contribution in [0.15, 0.2) is 36.5 Å². The summed E-state index contributed by atoms with van der Waals surface area (Å²) in [6, 6.07) is 10.5. The molecule has 1 N–H and O–H groups in total. The zero-order valence-electron chi connectivity index (χ0n) is 15.6. The van der Waals surface area contributed by atoms with Crippen molar-refractivity contribution in [1.29, 1.82) is 0 Å². The predicted octanol–water partition coefficient (Wildman–Crippen LogP) is 3.42. The Balaban J connectivity index is 1.60. The Labute approximate surface area is 150 Å². The number of nitrogens with zero attached hydrogens (tertiary/aromatic N) is 3. The first-order valence-corrected chi connectivity index (χ1v) is 8.94. The van der Waals surface area contributed by atoms with Gasteiger partial charge >= 0.3 is 6.03 Å². The fourth-order valence-electron chi connectivity index (χ4n) is 3.71. The van der Waals surface area contributed by atoms with E-state index in [-0.39, 0.29) is 11.4 Å². The number of carbonyl (C=O) groups is 1. The molecular formula is C20H28N4O.